The third-order valence-corrected chi connectivity index (χ3v) is 17.8. The van der Waals surface area contributed by atoms with Crippen molar-refractivity contribution in [3.05, 3.63) is 47.5 Å². The van der Waals surface area contributed by atoms with Crippen LogP contribution in [0.4, 0.5) is 8.78 Å². The van der Waals surface area contributed by atoms with Gasteiger partial charge in [0.2, 0.25) is 0 Å². The maximum absolute atomic E-state index is 18.0. The van der Waals surface area contributed by atoms with Gasteiger partial charge in [0.05, 0.1) is 17.7 Å². The monoisotopic (exact) mass is 854 g/mol. The summed E-state index contributed by atoms with van der Waals surface area (Å²) < 4.78 is 128. The van der Waals surface area contributed by atoms with Crippen LogP contribution in [0.5, 0.6) is 0 Å². The van der Waals surface area contributed by atoms with Crippen LogP contribution >= 0.6 is 7.82 Å². The van der Waals surface area contributed by atoms with Gasteiger partial charge in [-0.3, -0.25) is 28.2 Å². The second kappa shape index (κ2) is 13.2. The highest BCUT2D eigenvalue weighted by Gasteiger charge is 2.77. The lowest BCUT2D eigenvalue weighted by Gasteiger charge is -2.62. The van der Waals surface area contributed by atoms with E-state index in [0.29, 0.717) is 0 Å². The number of alkyl halides is 2. The molecule has 0 radical (unpaired) electrons. The number of hydrogen-bond donors (Lipinski definition) is 5. The molecular formula is C44H57F2O12P. The summed E-state index contributed by atoms with van der Waals surface area (Å²) in [6.45, 7) is 5.49. The van der Waals surface area contributed by atoms with Gasteiger partial charge in [0.1, 0.15) is 24.4 Å². The van der Waals surface area contributed by atoms with Gasteiger partial charge < -0.3 is 25.3 Å². The van der Waals surface area contributed by atoms with Crippen LogP contribution in [0.1, 0.15) is 104 Å². The number of ketones is 4. The average molecular weight is 855 g/mol. The SMILES string of the molecule is [2H]C1=C[C@@]2(C)C(=C([2H])C1=O)C([2H])([2H])C[C@H]1[C@@H]3C[C@@H](C)[C@](O)(C(=O)COP(=O)(O)OCC(=O)[C@]4(O)[C@@H](C)C[C@@H]5[C@H]6CC([2H])([2H])C7=C([2H])C(=O)C([2H])=C[C@@]7(C)[C@]6(F)[C@H](O)C[C@]54C)[C@@]3(C)C[C@H](O)[C@@]12F. The van der Waals surface area contributed by atoms with Gasteiger partial charge in [-0.15, -0.1) is 0 Å². The van der Waals surface area contributed by atoms with E-state index in [0.717, 1.165) is 12.2 Å². The number of fused-ring (bicyclic) bond motifs is 10. The zero-order valence-corrected chi connectivity index (χ0v) is 34.6. The van der Waals surface area contributed by atoms with Gasteiger partial charge in [-0.2, -0.15) is 0 Å². The number of aliphatic hydroxyl groups is 4. The van der Waals surface area contributed by atoms with Crippen molar-refractivity contribution in [2.75, 3.05) is 13.2 Å². The van der Waals surface area contributed by atoms with Gasteiger partial charge in [-0.05, 0) is 113 Å². The fourth-order valence-electron chi connectivity index (χ4n) is 13.7. The van der Waals surface area contributed by atoms with E-state index in [4.69, 9.17) is 20.0 Å². The van der Waals surface area contributed by atoms with Gasteiger partial charge in [-0.1, -0.05) is 51.0 Å². The summed E-state index contributed by atoms with van der Waals surface area (Å²) in [5, 5.41) is 48.2. The van der Waals surface area contributed by atoms with Crippen molar-refractivity contribution < 1.29 is 77.9 Å². The van der Waals surface area contributed by atoms with E-state index in [1.807, 2.05) is 0 Å². The number of phosphoric ester groups is 1. The second-order valence-electron chi connectivity index (χ2n) is 19.3. The van der Waals surface area contributed by atoms with Crippen LogP contribution in [0.2, 0.25) is 0 Å². The normalized spacial score (nSPS) is 56.2. The van der Waals surface area contributed by atoms with Crippen molar-refractivity contribution in [1.29, 1.82) is 0 Å². The number of carbonyl (C=O) groups is 4. The van der Waals surface area contributed by atoms with E-state index < -0.39 is 210 Å². The van der Waals surface area contributed by atoms with Crippen molar-refractivity contribution in [1.82, 2.24) is 0 Å². The molecule has 6 fully saturated rings. The molecule has 0 spiro atoms. The summed E-state index contributed by atoms with van der Waals surface area (Å²) in [6.07, 6.45) is -10.0. The molecule has 0 amide bonds. The molecule has 0 aromatic carbocycles. The highest BCUT2D eigenvalue weighted by molar-refractivity contribution is 7.47. The van der Waals surface area contributed by atoms with Gasteiger partial charge >= 0.3 is 7.82 Å². The second-order valence-corrected chi connectivity index (χ2v) is 20.8. The number of rotatable bonds is 8. The van der Waals surface area contributed by atoms with Gasteiger partial charge in [0, 0.05) is 39.0 Å². The van der Waals surface area contributed by atoms with E-state index in [9.17, 15) is 49.1 Å². The summed E-state index contributed by atoms with van der Waals surface area (Å²) in [7, 11) is -5.44. The van der Waals surface area contributed by atoms with Crippen molar-refractivity contribution in [2.45, 2.75) is 128 Å². The van der Waals surface area contributed by atoms with Crippen molar-refractivity contribution in [3.63, 3.8) is 0 Å². The number of Topliss-reactive ketones (excluding diaryl/α,β-unsaturated/α-hetero) is 2. The summed E-state index contributed by atoms with van der Waals surface area (Å²) in [6, 6.07) is -3.27. The molecule has 59 heavy (non-hydrogen) atoms. The molecule has 324 valence electrons. The third kappa shape index (κ3) is 5.27. The highest BCUT2D eigenvalue weighted by atomic mass is 31.2. The number of allylic oxidation sites excluding steroid dienone is 8. The Morgan fingerprint density at radius 2 is 1.12 bits per heavy atom. The summed E-state index contributed by atoms with van der Waals surface area (Å²) in [4.78, 5) is 64.4. The number of hydrogen-bond acceptors (Lipinski definition) is 11. The Bertz CT molecular complexity index is 2330. The zero-order chi connectivity index (χ0) is 50.4. The first-order valence-corrected chi connectivity index (χ1v) is 21.7. The largest absolute Gasteiger partial charge is 0.473 e. The number of carbonyl (C=O) groups excluding carboxylic acids is 4. The van der Waals surface area contributed by atoms with Crippen LogP contribution in [0.3, 0.4) is 0 Å². The van der Waals surface area contributed by atoms with Gasteiger partial charge in [0.25, 0.3) is 0 Å². The minimum atomic E-state index is -5.44. The summed E-state index contributed by atoms with van der Waals surface area (Å²) in [5.41, 5.74) is -19.3. The first-order chi connectivity index (χ1) is 30.4. The molecule has 5 N–H and O–H groups in total. The zero-order valence-electron chi connectivity index (χ0n) is 41.7. The highest BCUT2D eigenvalue weighted by Crippen LogP contribution is 2.72. The molecule has 15 heteroatoms. The summed E-state index contributed by atoms with van der Waals surface area (Å²) in [5.74, 6) is -11.6. The van der Waals surface area contributed by atoms with Crippen LogP contribution in [0.25, 0.3) is 0 Å². The molecular weight excluding hydrogens is 789 g/mol. The molecule has 1 unspecified atom stereocenters. The lowest BCUT2D eigenvalue weighted by atomic mass is 9.44. The maximum Gasteiger partial charge on any atom is 0.473 e. The number of halogens is 2. The predicted octanol–water partition coefficient (Wildman–Crippen LogP) is 4.95. The Balaban J connectivity index is 0.999. The standard InChI is InChI=1S/C44H57F2O12P/c1-23-15-31-29-9-7-25-17-27(47)11-13-37(25,3)41(29,45)33(49)19-39(31,5)43(23,53)35(51)21-57-59(55,56)58-22-36(52)44(54)24(2)16-32-30-10-8-26-18-28(48)12-14-38(26,4)42(30,46)34(50)20-40(32,44)6/h11-14,17-18,23-24,29-34,49-50,53-54H,7-10,15-16,19-22H2,1-6H3,(H,55,56)/t23-,24+,29+,30-,31+,32-,33+,34-,37+,38-,39+,40-,41+,42-,43+,44-/i7D2,8D2,11D,12D,17D,18D. The molecule has 0 bridgehead atoms. The molecule has 0 heterocycles. The quantitative estimate of drug-likeness (QED) is 0.206. The Morgan fingerprint density at radius 3 is 1.47 bits per heavy atom. The minimum Gasteiger partial charge on any atom is -0.390 e. The lowest BCUT2D eigenvalue weighted by molar-refractivity contribution is -0.219. The summed E-state index contributed by atoms with van der Waals surface area (Å²) >= 11 is 0. The van der Waals surface area contributed by atoms with E-state index >= 15 is 8.78 Å². The molecule has 8 aliphatic carbocycles. The average Bonchev–Trinajstić information content (AvgIpc) is 3.54. The molecule has 0 aromatic heterocycles. The third-order valence-electron chi connectivity index (χ3n) is 16.9. The van der Waals surface area contributed by atoms with Crippen LogP contribution in [-0.2, 0) is 32.8 Å². The van der Waals surface area contributed by atoms with Crippen molar-refractivity contribution in [3.8, 4) is 0 Å². The molecule has 12 nitrogen and oxygen atoms in total. The minimum absolute atomic E-state index is 0.108. The van der Waals surface area contributed by atoms with Crippen LogP contribution in [-0.4, -0.2) is 96.4 Å². The first kappa shape index (κ1) is 34.0. The number of phosphoric acid groups is 1. The smallest absolute Gasteiger partial charge is 0.390 e. The van der Waals surface area contributed by atoms with E-state index in [-0.39, 0.29) is 12.8 Å². The number of aliphatic hydroxyl groups excluding tert-OH is 2. The predicted molar refractivity (Wildman–Crippen MR) is 207 cm³/mol. The van der Waals surface area contributed by atoms with Crippen molar-refractivity contribution in [2.24, 2.45) is 57.2 Å². The maximum atomic E-state index is 18.0. The topological polar surface area (TPSA) is 205 Å². The van der Waals surface area contributed by atoms with E-state index in [2.05, 4.69) is 0 Å². The van der Waals surface area contributed by atoms with Crippen LogP contribution < -0.4 is 0 Å². The lowest BCUT2D eigenvalue weighted by Crippen LogP contribution is -2.69. The molecule has 8 rings (SSSR count). The van der Waals surface area contributed by atoms with Crippen LogP contribution in [0, 0.1) is 57.2 Å². The molecule has 8 aliphatic rings. The Morgan fingerprint density at radius 1 is 0.763 bits per heavy atom. The molecule has 0 aliphatic heterocycles. The Hall–Kier alpha value is -2.55. The van der Waals surface area contributed by atoms with Gasteiger partial charge in [0.15, 0.2) is 34.5 Å². The Labute approximate surface area is 354 Å². The van der Waals surface area contributed by atoms with E-state index in [1.54, 1.807) is 0 Å². The van der Waals surface area contributed by atoms with E-state index in [1.165, 1.54) is 41.5 Å². The van der Waals surface area contributed by atoms with Crippen molar-refractivity contribution >= 4 is 31.0 Å². The molecule has 17 atom stereocenters. The first-order valence-electron chi connectivity index (χ1n) is 24.2. The fourth-order valence-corrected chi connectivity index (χ4v) is 14.3. The molecule has 0 saturated heterocycles. The molecule has 6 saturated carbocycles. The Kier molecular flexibility index (Phi) is 7.63. The fraction of sp³-hybridized carbons (Fsp3) is 0.727. The van der Waals surface area contributed by atoms with Gasteiger partial charge in [-0.25, -0.2) is 13.3 Å². The van der Waals surface area contributed by atoms with Crippen LogP contribution in [0.15, 0.2) is 47.5 Å². The molecule has 0 aromatic rings.